The van der Waals surface area contributed by atoms with Gasteiger partial charge in [-0.25, -0.2) is 4.39 Å². The summed E-state index contributed by atoms with van der Waals surface area (Å²) in [6.07, 6.45) is 0. The number of anilines is 1. The van der Waals surface area contributed by atoms with Crippen molar-refractivity contribution >= 4 is 11.6 Å². The summed E-state index contributed by atoms with van der Waals surface area (Å²) in [6, 6.07) is 3.79. The Hall–Kier alpha value is -2.02. The summed E-state index contributed by atoms with van der Waals surface area (Å²) < 4.78 is 12.7. The van der Waals surface area contributed by atoms with Crippen molar-refractivity contribution in [3.8, 4) is 11.8 Å². The maximum atomic E-state index is 12.7. The minimum Gasteiger partial charge on any atom is -0.399 e. The second kappa shape index (κ2) is 3.59. The molecule has 0 aliphatic carbocycles. The van der Waals surface area contributed by atoms with Crippen molar-refractivity contribution in [2.75, 3.05) is 5.73 Å². The number of benzene rings is 1. The van der Waals surface area contributed by atoms with E-state index in [1.165, 1.54) is 12.1 Å². The summed E-state index contributed by atoms with van der Waals surface area (Å²) in [4.78, 5) is 10.3. The number of hydrogen-bond donors (Lipinski definition) is 2. The van der Waals surface area contributed by atoms with Crippen molar-refractivity contribution in [3.63, 3.8) is 0 Å². The van der Waals surface area contributed by atoms with Gasteiger partial charge in [0, 0.05) is 11.3 Å². The monoisotopic (exact) mass is 178 g/mol. The van der Waals surface area contributed by atoms with Crippen molar-refractivity contribution in [2.45, 2.75) is 0 Å². The summed E-state index contributed by atoms with van der Waals surface area (Å²) in [6.45, 7) is 0. The maximum absolute atomic E-state index is 12.7. The van der Waals surface area contributed by atoms with E-state index in [1.54, 1.807) is 0 Å². The zero-order chi connectivity index (χ0) is 9.84. The normalized spacial score (nSPS) is 8.69. The largest absolute Gasteiger partial charge is 0.399 e. The Balaban J connectivity index is 3.04. The minimum atomic E-state index is -0.761. The molecule has 0 heterocycles. The minimum absolute atomic E-state index is 0.258. The molecule has 0 saturated carbocycles. The van der Waals surface area contributed by atoms with Gasteiger partial charge >= 0.3 is 0 Å². The highest BCUT2D eigenvalue weighted by atomic mass is 19.1. The number of amides is 1. The average Bonchev–Trinajstić information content (AvgIpc) is 1.99. The number of primary amides is 1. The number of nitrogens with two attached hydrogens (primary N) is 2. The van der Waals surface area contributed by atoms with Crippen molar-refractivity contribution in [1.82, 2.24) is 0 Å². The quantitative estimate of drug-likeness (QED) is 0.441. The predicted molar refractivity (Wildman–Crippen MR) is 46.9 cm³/mol. The van der Waals surface area contributed by atoms with Gasteiger partial charge in [0.05, 0.1) is 0 Å². The molecule has 0 unspecified atom stereocenters. The molecule has 1 rings (SSSR count). The van der Waals surface area contributed by atoms with Gasteiger partial charge in [0.15, 0.2) is 0 Å². The van der Waals surface area contributed by atoms with Crippen molar-refractivity contribution in [2.24, 2.45) is 5.73 Å². The number of halogens is 1. The number of rotatable bonds is 0. The molecule has 0 radical (unpaired) electrons. The summed E-state index contributed by atoms with van der Waals surface area (Å²) in [5.74, 6) is 3.21. The first kappa shape index (κ1) is 9.07. The lowest BCUT2D eigenvalue weighted by Gasteiger charge is -1.94. The van der Waals surface area contributed by atoms with Gasteiger partial charge in [-0.2, -0.15) is 0 Å². The van der Waals surface area contributed by atoms with Crippen LogP contribution in [0.25, 0.3) is 0 Å². The third-order valence-electron chi connectivity index (χ3n) is 1.25. The molecule has 0 fully saturated rings. The van der Waals surface area contributed by atoms with Crippen LogP contribution in [0, 0.1) is 17.7 Å². The van der Waals surface area contributed by atoms with Crippen LogP contribution in [0.4, 0.5) is 10.1 Å². The Kier molecular flexibility index (Phi) is 2.50. The van der Waals surface area contributed by atoms with Crippen molar-refractivity contribution in [1.29, 1.82) is 0 Å². The molecule has 1 aromatic carbocycles. The Morgan fingerprint density at radius 1 is 1.38 bits per heavy atom. The van der Waals surface area contributed by atoms with Gasteiger partial charge in [-0.05, 0) is 24.1 Å². The molecule has 0 spiro atoms. The predicted octanol–water partition coefficient (Wildman–Crippen LogP) is 0.245. The number of carbonyl (C=O) groups is 1. The van der Waals surface area contributed by atoms with Gasteiger partial charge in [0.25, 0.3) is 5.91 Å². The van der Waals surface area contributed by atoms with Crippen LogP contribution in [0.1, 0.15) is 5.56 Å². The third-order valence-corrected chi connectivity index (χ3v) is 1.25. The van der Waals surface area contributed by atoms with Crippen LogP contribution in [0.3, 0.4) is 0 Å². The van der Waals surface area contributed by atoms with Crippen LogP contribution in [-0.2, 0) is 4.79 Å². The molecule has 0 bridgehead atoms. The van der Waals surface area contributed by atoms with Gasteiger partial charge < -0.3 is 11.5 Å². The number of carbonyl (C=O) groups excluding carboxylic acids is 1. The molecule has 0 aromatic heterocycles. The molecule has 1 amide bonds. The van der Waals surface area contributed by atoms with E-state index < -0.39 is 11.7 Å². The van der Waals surface area contributed by atoms with Gasteiger partial charge in [0.2, 0.25) is 0 Å². The number of hydrogen-bond acceptors (Lipinski definition) is 2. The molecular weight excluding hydrogens is 171 g/mol. The highest BCUT2D eigenvalue weighted by Gasteiger charge is 1.95. The summed E-state index contributed by atoms with van der Waals surface area (Å²) >= 11 is 0. The second-order valence-corrected chi connectivity index (χ2v) is 2.39. The molecule has 66 valence electrons. The lowest BCUT2D eigenvalue weighted by atomic mass is 10.2. The standard InChI is InChI=1S/C9H7FN2O/c10-7-3-6(1-2-9(12)13)4-8(11)5-7/h3-5H,11H2,(H2,12,13). The van der Waals surface area contributed by atoms with E-state index in [-0.39, 0.29) is 5.69 Å². The van der Waals surface area contributed by atoms with Crippen LogP contribution in [-0.4, -0.2) is 5.91 Å². The first-order chi connectivity index (χ1) is 6.08. The zero-order valence-electron chi connectivity index (χ0n) is 6.67. The van der Waals surface area contributed by atoms with Gasteiger partial charge in [0.1, 0.15) is 5.82 Å². The first-order valence-electron chi connectivity index (χ1n) is 3.45. The molecule has 0 aliphatic rings. The molecule has 1 aromatic rings. The van der Waals surface area contributed by atoms with Crippen molar-refractivity contribution < 1.29 is 9.18 Å². The van der Waals surface area contributed by atoms with E-state index in [0.29, 0.717) is 5.56 Å². The van der Waals surface area contributed by atoms with E-state index in [0.717, 1.165) is 6.07 Å². The third kappa shape index (κ3) is 2.83. The van der Waals surface area contributed by atoms with Gasteiger partial charge in [-0.3, -0.25) is 4.79 Å². The fourth-order valence-electron chi connectivity index (χ4n) is 0.818. The summed E-state index contributed by atoms with van der Waals surface area (Å²) in [7, 11) is 0. The van der Waals surface area contributed by atoms with E-state index in [9.17, 15) is 9.18 Å². The fourth-order valence-corrected chi connectivity index (χ4v) is 0.818. The van der Waals surface area contributed by atoms with E-state index >= 15 is 0 Å². The van der Waals surface area contributed by atoms with Crippen LogP contribution in [0.2, 0.25) is 0 Å². The molecule has 13 heavy (non-hydrogen) atoms. The molecule has 4 heteroatoms. The Morgan fingerprint density at radius 3 is 2.62 bits per heavy atom. The summed E-state index contributed by atoms with van der Waals surface area (Å²) in [5, 5.41) is 0. The highest BCUT2D eigenvalue weighted by molar-refractivity contribution is 5.92. The molecule has 0 saturated heterocycles. The topological polar surface area (TPSA) is 69.1 Å². The van der Waals surface area contributed by atoms with E-state index in [1.807, 2.05) is 0 Å². The SMILES string of the molecule is NC(=O)C#Cc1cc(N)cc(F)c1. The van der Waals surface area contributed by atoms with E-state index in [4.69, 9.17) is 11.5 Å². The van der Waals surface area contributed by atoms with Crippen LogP contribution >= 0.6 is 0 Å². The second-order valence-electron chi connectivity index (χ2n) is 2.39. The maximum Gasteiger partial charge on any atom is 0.293 e. The Morgan fingerprint density at radius 2 is 2.08 bits per heavy atom. The van der Waals surface area contributed by atoms with Crippen LogP contribution in [0.5, 0.6) is 0 Å². The molecule has 0 atom stereocenters. The summed E-state index contributed by atoms with van der Waals surface area (Å²) in [5.41, 5.74) is 10.7. The lowest BCUT2D eigenvalue weighted by Crippen LogP contribution is -2.06. The van der Waals surface area contributed by atoms with Crippen LogP contribution < -0.4 is 11.5 Å². The van der Waals surface area contributed by atoms with E-state index in [2.05, 4.69) is 11.8 Å². The lowest BCUT2D eigenvalue weighted by molar-refractivity contribution is -0.112. The first-order valence-corrected chi connectivity index (χ1v) is 3.45. The molecular formula is C9H7FN2O. The zero-order valence-corrected chi connectivity index (χ0v) is 6.67. The Bertz CT molecular complexity index is 384. The van der Waals surface area contributed by atoms with Crippen LogP contribution in [0.15, 0.2) is 18.2 Å². The smallest absolute Gasteiger partial charge is 0.293 e. The fraction of sp³-hybridized carbons (Fsp3) is 0. The van der Waals surface area contributed by atoms with Gasteiger partial charge in [-0.15, -0.1) is 0 Å². The molecule has 4 N–H and O–H groups in total. The molecule has 0 aliphatic heterocycles. The molecule has 3 nitrogen and oxygen atoms in total. The Labute approximate surface area is 74.5 Å². The number of nitrogen functional groups attached to an aromatic ring is 1. The van der Waals surface area contributed by atoms with Gasteiger partial charge in [-0.1, -0.05) is 5.92 Å². The van der Waals surface area contributed by atoms with Crippen molar-refractivity contribution in [3.05, 3.63) is 29.6 Å². The average molecular weight is 178 g/mol. The highest BCUT2D eigenvalue weighted by Crippen LogP contribution is 2.09.